The maximum Gasteiger partial charge on any atom is 0.416 e. The molecule has 5 aliphatic rings. The van der Waals surface area contributed by atoms with Gasteiger partial charge in [-0.15, -0.1) is 0 Å². The van der Waals surface area contributed by atoms with Crippen molar-refractivity contribution in [1.82, 2.24) is 0 Å². The highest BCUT2D eigenvalue weighted by Crippen LogP contribution is 2.49. The number of allylic oxidation sites excluding steroid dienone is 2. The smallest absolute Gasteiger partial charge is 0.416 e. The van der Waals surface area contributed by atoms with Crippen molar-refractivity contribution in [1.29, 1.82) is 0 Å². The highest BCUT2D eigenvalue weighted by atomic mass is 19.4. The summed E-state index contributed by atoms with van der Waals surface area (Å²) in [5.41, 5.74) is -3.11. The van der Waals surface area contributed by atoms with E-state index in [1.165, 1.54) is 6.08 Å². The van der Waals surface area contributed by atoms with Crippen molar-refractivity contribution in [3.05, 3.63) is 118 Å². The number of benzene rings is 2. The van der Waals surface area contributed by atoms with E-state index < -0.39 is 95.1 Å². The lowest BCUT2D eigenvalue weighted by atomic mass is 9.70. The third-order valence-electron chi connectivity index (χ3n) is 13.8. The van der Waals surface area contributed by atoms with Crippen LogP contribution in [0.5, 0.6) is 0 Å². The standard InChI is InChI=1S/C50H56F6O10/c1-7-27(2)41-30(5)21-22-47(66-41)25-38-24-37(65-47)20-11-29(4)40(63-44(57)32-12-16-34(17-13-32)49(51,52)53)28(3)9-8-10-36-26-61-43-42(31(6)23-39(46(59)62-38)48(36,43)60)64-45(58)33-14-18-35(19-15-33)50(54,55)56/h8-19,23,27-28,30,37-43,60H,7,20-22,24-26H2,1-6H3/b9-8+,29-11+,36-10+/t27-,28-,30-,37+,38-,39-,40-,41+,42+,43+,47+,48+/m0/s1. The molecule has 7 rings (SSSR count). The SMILES string of the molecule is CC[C@H](C)[C@H]1O[C@]2(CC[C@@H]1C)C[C@@H]1C[C@@H](C/C=C(\C)[C@@H](OC(=O)c3ccc(C(F)(F)F)cc3)[C@@H](C)/C=C/C=C3\CO[C@@H]4[C@H](OC(=O)c5ccc(C(F)(F)F)cc5)C(C)=C[C@@H](C(=O)O1)[C@]34O)O2. The molecule has 0 unspecified atom stereocenters. The molecule has 4 aliphatic heterocycles. The van der Waals surface area contributed by atoms with Gasteiger partial charge in [-0.05, 0) is 104 Å². The van der Waals surface area contributed by atoms with Gasteiger partial charge in [0.25, 0.3) is 0 Å². The Labute approximate surface area is 380 Å². The van der Waals surface area contributed by atoms with Crippen LogP contribution in [0, 0.1) is 23.7 Å². The van der Waals surface area contributed by atoms with Gasteiger partial charge in [0.1, 0.15) is 29.8 Å². The van der Waals surface area contributed by atoms with E-state index in [-0.39, 0.29) is 60.5 Å². The maximum absolute atomic E-state index is 14.6. The summed E-state index contributed by atoms with van der Waals surface area (Å²) in [4.78, 5) is 41.6. The Morgan fingerprint density at radius 2 is 1.45 bits per heavy atom. The van der Waals surface area contributed by atoms with Gasteiger partial charge in [-0.25, -0.2) is 9.59 Å². The third-order valence-corrected chi connectivity index (χ3v) is 13.8. The molecule has 1 N–H and O–H groups in total. The topological polar surface area (TPSA) is 127 Å². The summed E-state index contributed by atoms with van der Waals surface area (Å²) in [6, 6.07) is 7.22. The number of halogens is 6. The van der Waals surface area contributed by atoms with Crippen molar-refractivity contribution in [3.63, 3.8) is 0 Å². The minimum Gasteiger partial charge on any atom is -0.462 e. The van der Waals surface area contributed by atoms with Crippen LogP contribution < -0.4 is 0 Å². The molecule has 1 aliphatic carbocycles. The molecule has 3 saturated heterocycles. The Morgan fingerprint density at radius 1 is 0.864 bits per heavy atom. The van der Waals surface area contributed by atoms with E-state index in [0.29, 0.717) is 17.6 Å². The van der Waals surface area contributed by atoms with E-state index in [1.54, 1.807) is 39.0 Å². The summed E-state index contributed by atoms with van der Waals surface area (Å²) in [7, 11) is 0. The van der Waals surface area contributed by atoms with E-state index in [2.05, 4.69) is 20.8 Å². The predicted octanol–water partition coefficient (Wildman–Crippen LogP) is 10.3. The van der Waals surface area contributed by atoms with Gasteiger partial charge in [0, 0.05) is 25.2 Å². The van der Waals surface area contributed by atoms with Crippen LogP contribution in [0.4, 0.5) is 26.3 Å². The normalized spacial score (nSPS) is 35.5. The summed E-state index contributed by atoms with van der Waals surface area (Å²) in [5.74, 6) is -5.22. The number of carbonyl (C=O) groups is 3. The molecule has 4 heterocycles. The second-order valence-corrected chi connectivity index (χ2v) is 18.5. The zero-order valence-corrected chi connectivity index (χ0v) is 37.6. The van der Waals surface area contributed by atoms with Crippen LogP contribution in [-0.4, -0.2) is 77.6 Å². The second-order valence-electron chi connectivity index (χ2n) is 18.5. The number of aliphatic hydroxyl groups is 1. The van der Waals surface area contributed by atoms with Crippen LogP contribution in [0.1, 0.15) is 112 Å². The van der Waals surface area contributed by atoms with E-state index in [1.807, 2.05) is 6.08 Å². The quantitative estimate of drug-likeness (QED) is 0.129. The number of fused-ring (bicyclic) bond motifs is 2. The van der Waals surface area contributed by atoms with Crippen LogP contribution in [0.15, 0.2) is 95.6 Å². The molecule has 358 valence electrons. The number of rotatable bonds is 6. The molecule has 10 nitrogen and oxygen atoms in total. The lowest BCUT2D eigenvalue weighted by molar-refractivity contribution is -0.340. The van der Waals surface area contributed by atoms with Gasteiger partial charge < -0.3 is 33.5 Å². The van der Waals surface area contributed by atoms with Gasteiger partial charge in [-0.3, -0.25) is 4.79 Å². The summed E-state index contributed by atoms with van der Waals surface area (Å²) in [6.07, 6.45) is -3.16. The van der Waals surface area contributed by atoms with E-state index in [0.717, 1.165) is 61.4 Å². The fourth-order valence-corrected chi connectivity index (χ4v) is 9.84. The Hall–Kier alpha value is -4.77. The fraction of sp³-hybridized carbons (Fsp3) is 0.540. The van der Waals surface area contributed by atoms with Crippen molar-refractivity contribution in [2.75, 3.05) is 6.61 Å². The molecule has 2 aromatic rings. The molecule has 0 radical (unpaired) electrons. The number of ether oxygens (including phenoxy) is 6. The Bertz CT molecular complexity index is 2240. The van der Waals surface area contributed by atoms with Crippen molar-refractivity contribution >= 4 is 17.9 Å². The largest absolute Gasteiger partial charge is 0.462 e. The number of hydrogen-bond acceptors (Lipinski definition) is 10. The van der Waals surface area contributed by atoms with Gasteiger partial charge >= 0.3 is 30.3 Å². The second kappa shape index (κ2) is 19.1. The molecule has 2 bridgehead atoms. The van der Waals surface area contributed by atoms with Crippen molar-refractivity contribution < 1.29 is 74.3 Å². The average Bonchev–Trinajstić information content (AvgIpc) is 3.61. The maximum atomic E-state index is 14.6. The van der Waals surface area contributed by atoms with Gasteiger partial charge in [-0.2, -0.15) is 26.3 Å². The lowest BCUT2D eigenvalue weighted by Gasteiger charge is -2.51. The molecule has 1 spiro atoms. The average molecular weight is 931 g/mol. The minimum atomic E-state index is -4.63. The number of alkyl halides is 6. The zero-order chi connectivity index (χ0) is 47.9. The van der Waals surface area contributed by atoms with Crippen LogP contribution in [0.25, 0.3) is 0 Å². The summed E-state index contributed by atoms with van der Waals surface area (Å²) in [5, 5.41) is 12.9. The van der Waals surface area contributed by atoms with Crippen LogP contribution in [0.2, 0.25) is 0 Å². The van der Waals surface area contributed by atoms with Crippen molar-refractivity contribution in [2.24, 2.45) is 23.7 Å². The van der Waals surface area contributed by atoms with Crippen LogP contribution in [-0.2, 0) is 45.6 Å². The molecule has 0 amide bonds. The highest BCUT2D eigenvalue weighted by Gasteiger charge is 2.61. The Kier molecular flexibility index (Phi) is 14.2. The molecule has 12 atom stereocenters. The highest BCUT2D eigenvalue weighted by molar-refractivity contribution is 5.90. The Morgan fingerprint density at radius 3 is 2.03 bits per heavy atom. The van der Waals surface area contributed by atoms with Crippen molar-refractivity contribution in [3.8, 4) is 0 Å². The molecular weight excluding hydrogens is 875 g/mol. The summed E-state index contributed by atoms with van der Waals surface area (Å²) < 4.78 is 118. The van der Waals surface area contributed by atoms with Gasteiger partial charge in [0.05, 0.1) is 41.1 Å². The van der Waals surface area contributed by atoms with Crippen LogP contribution >= 0.6 is 0 Å². The monoisotopic (exact) mass is 930 g/mol. The first-order valence-corrected chi connectivity index (χ1v) is 22.4. The molecule has 2 aromatic carbocycles. The summed E-state index contributed by atoms with van der Waals surface area (Å²) >= 11 is 0. The fourth-order valence-electron chi connectivity index (χ4n) is 9.84. The first kappa shape index (κ1) is 49.1. The summed E-state index contributed by atoms with van der Waals surface area (Å²) in [6.45, 7) is 11.3. The van der Waals surface area contributed by atoms with Gasteiger partial charge in [0.2, 0.25) is 0 Å². The predicted molar refractivity (Wildman–Crippen MR) is 227 cm³/mol. The van der Waals surface area contributed by atoms with E-state index in [9.17, 15) is 45.8 Å². The molecule has 3 fully saturated rings. The molecule has 66 heavy (non-hydrogen) atoms. The molecular formula is C50H56F6O10. The van der Waals surface area contributed by atoms with E-state index >= 15 is 0 Å². The third kappa shape index (κ3) is 10.2. The van der Waals surface area contributed by atoms with E-state index in [4.69, 9.17) is 28.4 Å². The number of carbonyl (C=O) groups excluding carboxylic acids is 3. The number of esters is 3. The molecule has 16 heteroatoms. The number of hydrogen-bond donors (Lipinski definition) is 1. The van der Waals surface area contributed by atoms with Gasteiger partial charge in [-0.1, -0.05) is 64.5 Å². The molecule has 0 saturated carbocycles. The van der Waals surface area contributed by atoms with Crippen molar-refractivity contribution in [2.45, 2.75) is 140 Å². The first-order valence-electron chi connectivity index (χ1n) is 22.4. The Balaban J connectivity index is 1.26. The zero-order valence-electron chi connectivity index (χ0n) is 37.6. The minimum absolute atomic E-state index is 0.0837. The lowest BCUT2D eigenvalue weighted by Crippen LogP contribution is -2.59. The first-order chi connectivity index (χ1) is 31.0. The molecule has 0 aromatic heterocycles. The van der Waals surface area contributed by atoms with Gasteiger partial charge in [0.15, 0.2) is 11.9 Å². The van der Waals surface area contributed by atoms with Crippen LogP contribution in [0.3, 0.4) is 0 Å².